The summed E-state index contributed by atoms with van der Waals surface area (Å²) in [5.74, 6) is 0.616. The van der Waals surface area contributed by atoms with Gasteiger partial charge in [0.15, 0.2) is 0 Å². The maximum atomic E-state index is 11.4. The highest BCUT2D eigenvalue weighted by molar-refractivity contribution is 5.67. The molecule has 1 aliphatic rings. The Balaban J connectivity index is 2.20. The fourth-order valence-corrected chi connectivity index (χ4v) is 2.04. The molecule has 18 heavy (non-hydrogen) atoms. The van der Waals surface area contributed by atoms with Gasteiger partial charge in [-0.05, 0) is 38.5 Å². The molecule has 3 nitrogen and oxygen atoms in total. The van der Waals surface area contributed by atoms with E-state index in [-0.39, 0.29) is 6.09 Å². The molecule has 0 radical (unpaired) electrons. The molecule has 1 aliphatic carbocycles. The summed E-state index contributed by atoms with van der Waals surface area (Å²) in [6.07, 6.45) is 7.15. The highest BCUT2D eigenvalue weighted by Crippen LogP contribution is 2.27. The van der Waals surface area contributed by atoms with Crippen LogP contribution in [-0.2, 0) is 4.74 Å². The zero-order chi connectivity index (χ0) is 13.4. The van der Waals surface area contributed by atoms with Crippen molar-refractivity contribution in [1.82, 2.24) is 5.32 Å². The molecular weight excluding hydrogens is 226 g/mol. The number of alkyl carbamates (subject to hydrolysis) is 1. The molecule has 0 saturated carbocycles. The van der Waals surface area contributed by atoms with Crippen LogP contribution in [0.1, 0.15) is 46.0 Å². The molecule has 0 aromatic heterocycles. The van der Waals surface area contributed by atoms with Crippen LogP contribution in [-0.4, -0.2) is 19.2 Å². The Morgan fingerprint density at radius 3 is 2.94 bits per heavy atom. The van der Waals surface area contributed by atoms with Crippen LogP contribution in [0, 0.1) is 5.92 Å². The number of carbonyl (C=O) groups excluding carboxylic acids is 1. The maximum absolute atomic E-state index is 11.4. The molecule has 3 heteroatoms. The zero-order valence-corrected chi connectivity index (χ0v) is 11.6. The predicted molar refractivity (Wildman–Crippen MR) is 74.5 cm³/mol. The van der Waals surface area contributed by atoms with Gasteiger partial charge in [0, 0.05) is 6.54 Å². The number of unbranched alkanes of at least 4 members (excludes halogenated alkanes) is 1. The van der Waals surface area contributed by atoms with Crippen LogP contribution in [0.5, 0.6) is 0 Å². The molecule has 0 fully saturated rings. The van der Waals surface area contributed by atoms with Crippen LogP contribution in [0.4, 0.5) is 4.79 Å². The largest absolute Gasteiger partial charge is 0.450 e. The van der Waals surface area contributed by atoms with Crippen molar-refractivity contribution in [2.75, 3.05) is 13.2 Å². The molecule has 0 bridgehead atoms. The minimum atomic E-state index is -0.300. The standard InChI is InChI=1S/C15H25NO2/c1-4-5-10-18-15(17)16-11-13-6-8-14(9-7-13)12(2)3/h6,14H,2,4-5,7-11H2,1,3H3,(H,16,17). The Morgan fingerprint density at radius 1 is 1.61 bits per heavy atom. The van der Waals surface area contributed by atoms with E-state index in [1.54, 1.807) is 0 Å². The summed E-state index contributed by atoms with van der Waals surface area (Å²) >= 11 is 0. The van der Waals surface area contributed by atoms with Crippen molar-refractivity contribution >= 4 is 6.09 Å². The molecule has 0 heterocycles. The van der Waals surface area contributed by atoms with E-state index in [0.29, 0.717) is 19.1 Å². The van der Waals surface area contributed by atoms with E-state index in [2.05, 4.69) is 31.8 Å². The van der Waals surface area contributed by atoms with E-state index in [9.17, 15) is 4.79 Å². The van der Waals surface area contributed by atoms with Gasteiger partial charge in [-0.25, -0.2) is 4.79 Å². The monoisotopic (exact) mass is 251 g/mol. The third-order valence-corrected chi connectivity index (χ3v) is 3.39. The number of ether oxygens (including phenoxy) is 1. The number of nitrogens with one attached hydrogen (secondary N) is 1. The van der Waals surface area contributed by atoms with E-state index in [4.69, 9.17) is 4.74 Å². The highest BCUT2D eigenvalue weighted by Gasteiger charge is 2.15. The third-order valence-electron chi connectivity index (χ3n) is 3.39. The number of hydrogen-bond donors (Lipinski definition) is 1. The fraction of sp³-hybridized carbons (Fsp3) is 0.667. The molecule has 1 rings (SSSR count). The number of hydrogen-bond acceptors (Lipinski definition) is 2. The van der Waals surface area contributed by atoms with Gasteiger partial charge in [0.05, 0.1) is 6.61 Å². The van der Waals surface area contributed by atoms with Gasteiger partial charge < -0.3 is 10.1 Å². The van der Waals surface area contributed by atoms with Gasteiger partial charge >= 0.3 is 6.09 Å². The Kier molecular flexibility index (Phi) is 6.55. The highest BCUT2D eigenvalue weighted by atomic mass is 16.5. The van der Waals surface area contributed by atoms with Crippen LogP contribution in [0.25, 0.3) is 0 Å². The summed E-state index contributed by atoms with van der Waals surface area (Å²) in [6, 6.07) is 0. The van der Waals surface area contributed by atoms with Gasteiger partial charge in [0.25, 0.3) is 0 Å². The first-order valence-corrected chi connectivity index (χ1v) is 6.87. The summed E-state index contributed by atoms with van der Waals surface area (Å²) in [6.45, 7) is 9.30. The molecule has 1 atom stereocenters. The topological polar surface area (TPSA) is 38.3 Å². The van der Waals surface area contributed by atoms with Crippen LogP contribution >= 0.6 is 0 Å². The zero-order valence-electron chi connectivity index (χ0n) is 11.6. The van der Waals surface area contributed by atoms with Crippen molar-refractivity contribution in [2.24, 2.45) is 5.92 Å². The molecule has 0 aromatic rings. The SMILES string of the molecule is C=C(C)C1CC=C(CNC(=O)OCCCC)CC1. The van der Waals surface area contributed by atoms with Crippen molar-refractivity contribution < 1.29 is 9.53 Å². The van der Waals surface area contributed by atoms with E-state index < -0.39 is 0 Å². The summed E-state index contributed by atoms with van der Waals surface area (Å²) in [7, 11) is 0. The van der Waals surface area contributed by atoms with Crippen LogP contribution in [0.3, 0.4) is 0 Å². The lowest BCUT2D eigenvalue weighted by atomic mass is 9.85. The second kappa shape index (κ2) is 7.96. The van der Waals surface area contributed by atoms with Gasteiger partial charge in [0.1, 0.15) is 0 Å². The van der Waals surface area contributed by atoms with E-state index in [0.717, 1.165) is 32.1 Å². The Hall–Kier alpha value is -1.25. The second-order valence-electron chi connectivity index (χ2n) is 5.02. The lowest BCUT2D eigenvalue weighted by Gasteiger charge is -2.22. The Bertz CT molecular complexity index is 320. The molecule has 0 saturated heterocycles. The smallest absolute Gasteiger partial charge is 0.407 e. The molecular formula is C15H25NO2. The third kappa shape index (κ3) is 5.39. The predicted octanol–water partition coefficient (Wildman–Crippen LogP) is 3.82. The van der Waals surface area contributed by atoms with Crippen molar-refractivity contribution in [1.29, 1.82) is 0 Å². The maximum Gasteiger partial charge on any atom is 0.407 e. The van der Waals surface area contributed by atoms with Gasteiger partial charge in [-0.2, -0.15) is 0 Å². The minimum absolute atomic E-state index is 0.300. The molecule has 1 amide bonds. The Morgan fingerprint density at radius 2 is 2.39 bits per heavy atom. The van der Waals surface area contributed by atoms with E-state index in [1.807, 2.05) is 0 Å². The molecule has 102 valence electrons. The molecule has 0 aliphatic heterocycles. The van der Waals surface area contributed by atoms with Crippen molar-refractivity contribution in [3.05, 3.63) is 23.8 Å². The summed E-state index contributed by atoms with van der Waals surface area (Å²) in [4.78, 5) is 11.4. The summed E-state index contributed by atoms with van der Waals surface area (Å²) in [5.41, 5.74) is 2.57. The summed E-state index contributed by atoms with van der Waals surface area (Å²) < 4.78 is 5.04. The van der Waals surface area contributed by atoms with Crippen molar-refractivity contribution in [3.8, 4) is 0 Å². The second-order valence-corrected chi connectivity index (χ2v) is 5.02. The molecule has 0 spiro atoms. The first-order chi connectivity index (χ1) is 8.63. The van der Waals surface area contributed by atoms with Crippen molar-refractivity contribution in [3.63, 3.8) is 0 Å². The lowest BCUT2D eigenvalue weighted by molar-refractivity contribution is 0.145. The summed E-state index contributed by atoms with van der Waals surface area (Å²) in [5, 5.41) is 2.80. The first kappa shape index (κ1) is 14.8. The van der Waals surface area contributed by atoms with Gasteiger partial charge in [-0.15, -0.1) is 0 Å². The first-order valence-electron chi connectivity index (χ1n) is 6.87. The van der Waals surface area contributed by atoms with Crippen LogP contribution < -0.4 is 5.32 Å². The normalized spacial score (nSPS) is 19.0. The quantitative estimate of drug-likeness (QED) is 0.575. The van der Waals surface area contributed by atoms with Gasteiger partial charge in [-0.1, -0.05) is 37.1 Å². The van der Waals surface area contributed by atoms with Crippen LogP contribution in [0.15, 0.2) is 23.8 Å². The van der Waals surface area contributed by atoms with E-state index >= 15 is 0 Å². The van der Waals surface area contributed by atoms with Gasteiger partial charge in [-0.3, -0.25) is 0 Å². The average Bonchev–Trinajstić information content (AvgIpc) is 2.37. The lowest BCUT2D eigenvalue weighted by Crippen LogP contribution is -2.27. The number of amides is 1. The van der Waals surface area contributed by atoms with E-state index in [1.165, 1.54) is 11.1 Å². The van der Waals surface area contributed by atoms with Gasteiger partial charge in [0.2, 0.25) is 0 Å². The number of rotatable bonds is 6. The molecule has 0 aromatic carbocycles. The Labute approximate surface area is 110 Å². The number of carbonyl (C=O) groups is 1. The van der Waals surface area contributed by atoms with Crippen LogP contribution in [0.2, 0.25) is 0 Å². The fourth-order valence-electron chi connectivity index (χ4n) is 2.04. The molecule has 1 N–H and O–H groups in total. The van der Waals surface area contributed by atoms with Crippen molar-refractivity contribution in [2.45, 2.75) is 46.0 Å². The minimum Gasteiger partial charge on any atom is -0.450 e. The molecule has 1 unspecified atom stereocenters. The number of allylic oxidation sites excluding steroid dienone is 2. The average molecular weight is 251 g/mol.